The Morgan fingerprint density at radius 2 is 1.42 bits per heavy atom. The summed E-state index contributed by atoms with van der Waals surface area (Å²) >= 11 is 0. The van der Waals surface area contributed by atoms with Gasteiger partial charge in [-0.3, -0.25) is 0 Å². The maximum atomic E-state index is 5.32. The van der Waals surface area contributed by atoms with Crippen LogP contribution < -0.4 is 5.73 Å². The van der Waals surface area contributed by atoms with Crippen molar-refractivity contribution in [3.63, 3.8) is 0 Å². The van der Waals surface area contributed by atoms with Crippen LogP contribution >= 0.6 is 0 Å². The fourth-order valence-electron chi connectivity index (χ4n) is 2.85. The molecule has 0 bridgehead atoms. The first kappa shape index (κ1) is 17.5. The van der Waals surface area contributed by atoms with Gasteiger partial charge in [-0.05, 0) is 53.1 Å². The first-order valence-electron chi connectivity index (χ1n) is 8.76. The molecule has 0 atom stereocenters. The van der Waals surface area contributed by atoms with Crippen molar-refractivity contribution in [1.82, 2.24) is 0 Å². The minimum atomic E-state index is 1.19. The Hall–Kier alpha value is -3.32. The van der Waals surface area contributed by atoms with Gasteiger partial charge in [-0.2, -0.15) is 0 Å². The predicted octanol–water partition coefficient (Wildman–Crippen LogP) is 6.21. The monoisotopic (exact) mass is 337 g/mol. The maximum absolute atomic E-state index is 5.32. The van der Waals surface area contributed by atoms with Crippen molar-refractivity contribution < 1.29 is 0 Å². The van der Waals surface area contributed by atoms with Crippen molar-refractivity contribution in [3.05, 3.63) is 120 Å². The molecule has 1 aliphatic carbocycles. The summed E-state index contributed by atoms with van der Waals surface area (Å²) in [4.78, 5) is 0. The Bertz CT molecular complexity index is 933. The molecule has 0 fully saturated rings. The molecule has 0 radical (unpaired) electrons. The molecule has 0 spiro atoms. The third kappa shape index (κ3) is 4.40. The second kappa shape index (κ2) is 8.68. The third-order valence-corrected chi connectivity index (χ3v) is 4.24. The van der Waals surface area contributed by atoms with Crippen LogP contribution in [0.5, 0.6) is 0 Å². The first-order chi connectivity index (χ1) is 12.8. The topological polar surface area (TPSA) is 26.0 Å². The van der Waals surface area contributed by atoms with Gasteiger partial charge in [0.15, 0.2) is 0 Å². The second-order valence-corrected chi connectivity index (χ2v) is 6.16. The molecular formula is C25H23N. The van der Waals surface area contributed by atoms with Crippen LogP contribution in [-0.2, 0) is 0 Å². The van der Waals surface area contributed by atoms with Gasteiger partial charge in [0, 0.05) is 0 Å². The van der Waals surface area contributed by atoms with E-state index in [2.05, 4.69) is 79.8 Å². The van der Waals surface area contributed by atoms with Gasteiger partial charge >= 0.3 is 0 Å². The molecule has 0 saturated heterocycles. The molecule has 1 heteroatoms. The zero-order chi connectivity index (χ0) is 18.2. The lowest BCUT2D eigenvalue weighted by Gasteiger charge is -2.10. The molecule has 3 rings (SSSR count). The van der Waals surface area contributed by atoms with Crippen molar-refractivity contribution in [2.24, 2.45) is 5.73 Å². The summed E-state index contributed by atoms with van der Waals surface area (Å²) in [6.07, 6.45) is 21.8. The van der Waals surface area contributed by atoms with Crippen molar-refractivity contribution in [2.45, 2.75) is 6.92 Å². The Kier molecular flexibility index (Phi) is 5.84. The number of aryl methyl sites for hydroxylation is 1. The van der Waals surface area contributed by atoms with E-state index in [1.165, 1.54) is 39.6 Å². The highest BCUT2D eigenvalue weighted by Crippen LogP contribution is 2.30. The Morgan fingerprint density at radius 1 is 0.731 bits per heavy atom. The largest absolute Gasteiger partial charge is 0.405 e. The van der Waals surface area contributed by atoms with E-state index in [0.717, 1.165) is 0 Å². The summed E-state index contributed by atoms with van der Waals surface area (Å²) in [5.74, 6) is 0. The molecule has 0 aliphatic heterocycles. The van der Waals surface area contributed by atoms with Gasteiger partial charge in [0.25, 0.3) is 0 Å². The fourth-order valence-corrected chi connectivity index (χ4v) is 2.85. The van der Waals surface area contributed by atoms with Gasteiger partial charge in [-0.1, -0.05) is 96.6 Å². The van der Waals surface area contributed by atoms with Gasteiger partial charge in [0.1, 0.15) is 0 Å². The smallest absolute Gasteiger partial charge is 0.00624 e. The van der Waals surface area contributed by atoms with E-state index in [1.54, 1.807) is 6.08 Å². The zero-order valence-corrected chi connectivity index (χ0v) is 15.0. The number of allylic oxidation sites excluding steroid dienone is 10. The predicted molar refractivity (Wildman–Crippen MR) is 114 cm³/mol. The number of rotatable bonds is 4. The van der Waals surface area contributed by atoms with E-state index in [1.807, 2.05) is 24.3 Å². The van der Waals surface area contributed by atoms with Crippen LogP contribution in [0.4, 0.5) is 0 Å². The molecule has 2 N–H and O–H groups in total. The van der Waals surface area contributed by atoms with Crippen LogP contribution in [0.3, 0.4) is 0 Å². The Labute approximate surface area is 155 Å². The van der Waals surface area contributed by atoms with Crippen molar-refractivity contribution in [3.8, 4) is 11.1 Å². The van der Waals surface area contributed by atoms with Crippen molar-refractivity contribution in [1.29, 1.82) is 0 Å². The molecule has 1 nitrogen and oxygen atoms in total. The van der Waals surface area contributed by atoms with E-state index >= 15 is 0 Å². The molecule has 0 amide bonds. The van der Waals surface area contributed by atoms with Crippen LogP contribution in [0.15, 0.2) is 103 Å². The van der Waals surface area contributed by atoms with E-state index < -0.39 is 0 Å². The molecular weight excluding hydrogens is 314 g/mol. The highest BCUT2D eigenvalue weighted by atomic mass is 14.5. The Morgan fingerprint density at radius 3 is 2.23 bits per heavy atom. The number of benzene rings is 2. The summed E-state index contributed by atoms with van der Waals surface area (Å²) in [6, 6.07) is 15.3. The molecule has 2 aromatic carbocycles. The van der Waals surface area contributed by atoms with Crippen LogP contribution in [-0.4, -0.2) is 0 Å². The highest BCUT2D eigenvalue weighted by molar-refractivity contribution is 5.86. The summed E-state index contributed by atoms with van der Waals surface area (Å²) < 4.78 is 0. The van der Waals surface area contributed by atoms with Gasteiger partial charge in [0.2, 0.25) is 0 Å². The minimum Gasteiger partial charge on any atom is -0.405 e. The molecule has 26 heavy (non-hydrogen) atoms. The van der Waals surface area contributed by atoms with Gasteiger partial charge in [-0.15, -0.1) is 0 Å². The van der Waals surface area contributed by atoms with Crippen LogP contribution in [0.1, 0.15) is 16.7 Å². The zero-order valence-electron chi connectivity index (χ0n) is 15.0. The van der Waals surface area contributed by atoms with Crippen LogP contribution in [0.25, 0.3) is 22.8 Å². The second-order valence-electron chi connectivity index (χ2n) is 6.16. The van der Waals surface area contributed by atoms with Crippen LogP contribution in [0.2, 0.25) is 0 Å². The third-order valence-electron chi connectivity index (χ3n) is 4.24. The molecule has 0 heterocycles. The van der Waals surface area contributed by atoms with E-state index in [-0.39, 0.29) is 0 Å². The summed E-state index contributed by atoms with van der Waals surface area (Å²) in [6.45, 7) is 2.11. The molecule has 0 aromatic heterocycles. The van der Waals surface area contributed by atoms with Gasteiger partial charge < -0.3 is 5.73 Å². The van der Waals surface area contributed by atoms with Crippen LogP contribution in [0, 0.1) is 6.92 Å². The number of hydrogen-bond donors (Lipinski definition) is 1. The lowest BCUT2D eigenvalue weighted by molar-refractivity contribution is 1.46. The number of hydrogen-bond acceptors (Lipinski definition) is 1. The number of fused-ring (bicyclic) bond motifs is 1. The molecule has 2 aromatic rings. The molecule has 1 aliphatic rings. The molecule has 0 saturated carbocycles. The lowest BCUT2D eigenvalue weighted by Crippen LogP contribution is -1.88. The first-order valence-corrected chi connectivity index (χ1v) is 8.76. The van der Waals surface area contributed by atoms with E-state index in [4.69, 9.17) is 5.73 Å². The van der Waals surface area contributed by atoms with Gasteiger partial charge in [-0.25, -0.2) is 0 Å². The Balaban J connectivity index is 1.96. The molecule has 0 unspecified atom stereocenters. The summed E-state index contributed by atoms with van der Waals surface area (Å²) in [5.41, 5.74) is 12.7. The lowest BCUT2D eigenvalue weighted by atomic mass is 9.94. The average Bonchev–Trinajstić information content (AvgIpc) is 2.87. The quantitative estimate of drug-likeness (QED) is 0.659. The number of nitrogens with two attached hydrogens (primary N) is 1. The maximum Gasteiger partial charge on any atom is -0.00624 e. The molecule has 128 valence electrons. The highest BCUT2D eigenvalue weighted by Gasteiger charge is 2.08. The fraction of sp³-hybridized carbons (Fsp3) is 0.0400. The standard InChI is InChI=1S/C25H23N/c1-20-12-14-21(15-13-20)24-17-16-23-11-7-6-10-22(25(23)19-24)9-5-3-2-4-8-18-26/h2-19H,26H2,1H3/b4-2-,5-3-,18-8+,22-9-. The normalized spacial score (nSPS) is 15.3. The minimum absolute atomic E-state index is 1.19. The SMILES string of the molecule is Cc1ccc(-c2ccc3c(c2)\C(=C/C=C\C=C/C=C/N)C=CC=C3)cc1. The van der Waals surface area contributed by atoms with Crippen molar-refractivity contribution >= 4 is 11.6 Å². The van der Waals surface area contributed by atoms with E-state index in [9.17, 15) is 0 Å². The van der Waals surface area contributed by atoms with E-state index in [0.29, 0.717) is 0 Å². The van der Waals surface area contributed by atoms with Gasteiger partial charge in [0.05, 0.1) is 0 Å². The summed E-state index contributed by atoms with van der Waals surface area (Å²) in [7, 11) is 0. The van der Waals surface area contributed by atoms with Crippen molar-refractivity contribution in [2.75, 3.05) is 0 Å². The average molecular weight is 337 g/mol. The summed E-state index contributed by atoms with van der Waals surface area (Å²) in [5, 5.41) is 0.